The van der Waals surface area contributed by atoms with E-state index in [1.165, 1.54) is 12.1 Å². The normalized spacial score (nSPS) is 11.6. The van der Waals surface area contributed by atoms with E-state index in [0.29, 0.717) is 10.2 Å². The maximum absolute atomic E-state index is 13.0. The van der Waals surface area contributed by atoms with Crippen LogP contribution in [0.1, 0.15) is 0 Å². The molecule has 0 bridgehead atoms. The Morgan fingerprint density at radius 2 is 2.00 bits per heavy atom. The maximum Gasteiger partial charge on any atom is 0.522 e. The van der Waals surface area contributed by atoms with E-state index in [1.54, 1.807) is 6.07 Å². The third kappa shape index (κ3) is 4.80. The van der Waals surface area contributed by atoms with Crippen LogP contribution in [0.25, 0.3) is 0 Å². The van der Waals surface area contributed by atoms with Gasteiger partial charge in [-0.25, -0.2) is 4.39 Å². The Bertz CT molecular complexity index is 356. The van der Waals surface area contributed by atoms with Crippen LogP contribution in [0.2, 0.25) is 0 Å². The second-order valence-electron chi connectivity index (χ2n) is 2.85. The largest absolute Gasteiger partial charge is 0.522 e. The van der Waals surface area contributed by atoms with Crippen molar-refractivity contribution in [2.24, 2.45) is 0 Å². The molecule has 0 unspecified atom stereocenters. The molecule has 7 heteroatoms. The predicted molar refractivity (Wildman–Crippen MR) is 54.6 cm³/mol. The molecule has 0 heterocycles. The summed E-state index contributed by atoms with van der Waals surface area (Å²) in [5, 5.41) is 2.60. The van der Waals surface area contributed by atoms with Gasteiger partial charge in [0.2, 0.25) is 0 Å². The van der Waals surface area contributed by atoms with Gasteiger partial charge in [0.15, 0.2) is 0 Å². The van der Waals surface area contributed by atoms with Gasteiger partial charge in [-0.05, 0) is 34.1 Å². The number of nitrogens with one attached hydrogen (secondary N) is 1. The molecule has 0 radical (unpaired) electrons. The smallest absolute Gasteiger partial charge is 0.383 e. The molecule has 0 aromatic heterocycles. The fourth-order valence-corrected chi connectivity index (χ4v) is 1.21. The molecule has 0 amide bonds. The molecular formula is C9H8BrF4NO. The molecule has 0 saturated heterocycles. The second kappa shape index (κ2) is 5.49. The summed E-state index contributed by atoms with van der Waals surface area (Å²) in [6.07, 6.45) is -4.63. The molecule has 16 heavy (non-hydrogen) atoms. The van der Waals surface area contributed by atoms with Crippen LogP contribution in [0, 0.1) is 5.82 Å². The van der Waals surface area contributed by atoms with Gasteiger partial charge in [0.1, 0.15) is 5.82 Å². The first-order valence-corrected chi connectivity index (χ1v) is 5.07. The Hall–Kier alpha value is -0.820. The number of hydrogen-bond acceptors (Lipinski definition) is 2. The van der Waals surface area contributed by atoms with Gasteiger partial charge in [-0.1, -0.05) is 0 Å². The summed E-state index contributed by atoms with van der Waals surface area (Å²) in [7, 11) is 0. The molecule has 1 aromatic rings. The fourth-order valence-electron chi connectivity index (χ4n) is 0.968. The summed E-state index contributed by atoms with van der Waals surface area (Å²) in [5.41, 5.74) is 0.395. The van der Waals surface area contributed by atoms with Crippen LogP contribution in [0.15, 0.2) is 22.7 Å². The summed E-state index contributed by atoms with van der Waals surface area (Å²) in [6, 6.07) is 4.18. The van der Waals surface area contributed by atoms with Crippen molar-refractivity contribution in [2.45, 2.75) is 6.36 Å². The third-order valence-corrected chi connectivity index (χ3v) is 2.26. The van der Waals surface area contributed by atoms with E-state index >= 15 is 0 Å². The Morgan fingerprint density at radius 1 is 1.31 bits per heavy atom. The molecule has 1 N–H and O–H groups in total. The highest BCUT2D eigenvalue weighted by molar-refractivity contribution is 9.10. The van der Waals surface area contributed by atoms with Crippen LogP contribution in [-0.4, -0.2) is 19.5 Å². The summed E-state index contributed by atoms with van der Waals surface area (Å²) in [5.74, 6) is -0.485. The molecule has 1 aromatic carbocycles. The fraction of sp³-hybridized carbons (Fsp3) is 0.333. The minimum atomic E-state index is -4.63. The van der Waals surface area contributed by atoms with Gasteiger partial charge in [-0.2, -0.15) is 0 Å². The minimum absolute atomic E-state index is 0.0550. The monoisotopic (exact) mass is 301 g/mol. The van der Waals surface area contributed by atoms with Crippen molar-refractivity contribution in [2.75, 3.05) is 18.5 Å². The van der Waals surface area contributed by atoms with Crippen LogP contribution in [0.5, 0.6) is 0 Å². The molecule has 0 spiro atoms. The van der Waals surface area contributed by atoms with Gasteiger partial charge >= 0.3 is 6.36 Å². The van der Waals surface area contributed by atoms with Crippen molar-refractivity contribution in [1.82, 2.24) is 0 Å². The van der Waals surface area contributed by atoms with Crippen LogP contribution in [-0.2, 0) is 4.74 Å². The molecule has 0 aliphatic heterocycles. The zero-order valence-corrected chi connectivity index (χ0v) is 9.53. The van der Waals surface area contributed by atoms with Gasteiger partial charge in [-0.15, -0.1) is 13.2 Å². The summed E-state index contributed by atoms with van der Waals surface area (Å²) in [6.45, 7) is -0.582. The van der Waals surface area contributed by atoms with E-state index in [9.17, 15) is 17.6 Å². The second-order valence-corrected chi connectivity index (χ2v) is 3.70. The van der Waals surface area contributed by atoms with Crippen molar-refractivity contribution in [3.05, 3.63) is 28.5 Å². The van der Waals surface area contributed by atoms with E-state index in [2.05, 4.69) is 26.0 Å². The lowest BCUT2D eigenvalue weighted by atomic mass is 10.3. The Balaban J connectivity index is 2.35. The van der Waals surface area contributed by atoms with Crippen molar-refractivity contribution < 1.29 is 22.3 Å². The molecule has 0 aliphatic rings. The third-order valence-electron chi connectivity index (χ3n) is 1.62. The standard InChI is InChI=1S/C9H8BrF4NO/c10-7-2-1-6(5-8(7)11)15-3-4-16-9(12,13)14/h1-2,5,15H,3-4H2. The zero-order chi connectivity index (χ0) is 12.2. The van der Waals surface area contributed by atoms with E-state index in [4.69, 9.17) is 0 Å². The molecule has 0 fully saturated rings. The molecule has 1 rings (SSSR count). The molecular weight excluding hydrogens is 294 g/mol. The number of anilines is 1. The molecule has 0 aliphatic carbocycles. The number of alkyl halides is 3. The highest BCUT2D eigenvalue weighted by atomic mass is 79.9. The van der Waals surface area contributed by atoms with Crippen molar-refractivity contribution in [3.8, 4) is 0 Å². The Kier molecular flexibility index (Phi) is 4.55. The SMILES string of the molecule is Fc1cc(NCCOC(F)(F)F)ccc1Br. The van der Waals surface area contributed by atoms with Gasteiger partial charge in [0, 0.05) is 12.2 Å². The summed E-state index contributed by atoms with van der Waals surface area (Å²) >= 11 is 2.96. The lowest BCUT2D eigenvalue weighted by Crippen LogP contribution is -2.19. The van der Waals surface area contributed by atoms with Crippen molar-refractivity contribution >= 4 is 21.6 Å². The quantitative estimate of drug-likeness (QED) is 0.678. The first kappa shape index (κ1) is 13.2. The Morgan fingerprint density at radius 3 is 2.56 bits per heavy atom. The average molecular weight is 302 g/mol. The van der Waals surface area contributed by atoms with Gasteiger partial charge < -0.3 is 5.32 Å². The predicted octanol–water partition coefficient (Wildman–Crippen LogP) is 3.54. The number of hydrogen-bond donors (Lipinski definition) is 1. The maximum atomic E-state index is 13.0. The van der Waals surface area contributed by atoms with Crippen molar-refractivity contribution in [3.63, 3.8) is 0 Å². The highest BCUT2D eigenvalue weighted by Crippen LogP contribution is 2.19. The Labute approximate surface area is 97.7 Å². The highest BCUT2D eigenvalue weighted by Gasteiger charge is 2.28. The number of benzene rings is 1. The summed E-state index contributed by atoms with van der Waals surface area (Å²) < 4.78 is 51.6. The first-order valence-electron chi connectivity index (χ1n) is 4.28. The molecule has 90 valence electrons. The number of rotatable bonds is 4. The van der Waals surface area contributed by atoms with Gasteiger partial charge in [0.25, 0.3) is 0 Å². The van der Waals surface area contributed by atoms with Gasteiger partial charge in [0.05, 0.1) is 11.1 Å². The van der Waals surface area contributed by atoms with Crippen molar-refractivity contribution in [1.29, 1.82) is 0 Å². The zero-order valence-electron chi connectivity index (χ0n) is 7.94. The van der Waals surface area contributed by atoms with E-state index in [0.717, 1.165) is 0 Å². The van der Waals surface area contributed by atoms with Gasteiger partial charge in [-0.3, -0.25) is 4.74 Å². The lowest BCUT2D eigenvalue weighted by molar-refractivity contribution is -0.322. The van der Waals surface area contributed by atoms with Crippen LogP contribution >= 0.6 is 15.9 Å². The van der Waals surface area contributed by atoms with Crippen LogP contribution in [0.3, 0.4) is 0 Å². The summed E-state index contributed by atoms with van der Waals surface area (Å²) in [4.78, 5) is 0. The van der Waals surface area contributed by atoms with E-state index in [1.807, 2.05) is 0 Å². The average Bonchev–Trinajstić information content (AvgIpc) is 2.17. The number of halogens is 5. The number of ether oxygens (including phenoxy) is 1. The molecule has 2 nitrogen and oxygen atoms in total. The minimum Gasteiger partial charge on any atom is -0.383 e. The van der Waals surface area contributed by atoms with Crippen LogP contribution < -0.4 is 5.32 Å². The lowest BCUT2D eigenvalue weighted by Gasteiger charge is -2.09. The topological polar surface area (TPSA) is 21.3 Å². The first-order chi connectivity index (χ1) is 7.38. The van der Waals surface area contributed by atoms with E-state index < -0.39 is 18.8 Å². The molecule has 0 atom stereocenters. The molecule has 0 saturated carbocycles. The van der Waals surface area contributed by atoms with E-state index in [-0.39, 0.29) is 6.54 Å². The van der Waals surface area contributed by atoms with Crippen LogP contribution in [0.4, 0.5) is 23.2 Å².